The van der Waals surface area contributed by atoms with Crippen molar-refractivity contribution in [2.45, 2.75) is 39.0 Å². The Morgan fingerprint density at radius 2 is 2.15 bits per heavy atom. The zero-order valence-electron chi connectivity index (χ0n) is 16.3. The van der Waals surface area contributed by atoms with Crippen LogP contribution in [0.5, 0.6) is 0 Å². The second-order valence-corrected chi connectivity index (χ2v) is 7.56. The number of fused-ring (bicyclic) bond motifs is 1. The molecule has 5 nitrogen and oxygen atoms in total. The van der Waals surface area contributed by atoms with Gasteiger partial charge >= 0.3 is 0 Å². The van der Waals surface area contributed by atoms with Crippen molar-refractivity contribution in [2.75, 3.05) is 33.9 Å². The van der Waals surface area contributed by atoms with Crippen LogP contribution in [0.15, 0.2) is 29.4 Å². The van der Waals surface area contributed by atoms with E-state index in [4.69, 9.17) is 4.74 Å². The van der Waals surface area contributed by atoms with E-state index in [1.54, 1.807) is 7.11 Å². The number of H-pyrrole nitrogens is 1. The number of methoxy groups -OCH3 is 1. The molecule has 0 bridgehead atoms. The monoisotopic (exact) mass is 356 g/mol. The maximum atomic E-state index is 5.28. The Kier molecular flexibility index (Phi) is 6.20. The van der Waals surface area contributed by atoms with Crippen LogP contribution in [0.3, 0.4) is 0 Å². The van der Waals surface area contributed by atoms with Crippen LogP contribution in [0.2, 0.25) is 0 Å². The van der Waals surface area contributed by atoms with Crippen LogP contribution in [-0.4, -0.2) is 44.8 Å². The van der Waals surface area contributed by atoms with Crippen LogP contribution < -0.4 is 10.6 Å². The Morgan fingerprint density at radius 1 is 1.31 bits per heavy atom. The molecule has 1 fully saturated rings. The second kappa shape index (κ2) is 8.58. The van der Waals surface area contributed by atoms with Crippen LogP contribution in [0, 0.1) is 12.3 Å². The maximum absolute atomic E-state index is 5.28. The van der Waals surface area contributed by atoms with Crippen molar-refractivity contribution >= 4 is 16.9 Å². The molecule has 3 N–H and O–H groups in total. The van der Waals surface area contributed by atoms with Crippen molar-refractivity contribution < 1.29 is 4.74 Å². The van der Waals surface area contributed by atoms with Gasteiger partial charge in [0.15, 0.2) is 5.96 Å². The highest BCUT2D eigenvalue weighted by molar-refractivity contribution is 5.84. The molecule has 26 heavy (non-hydrogen) atoms. The van der Waals surface area contributed by atoms with Crippen molar-refractivity contribution in [3.8, 4) is 0 Å². The molecule has 5 heteroatoms. The van der Waals surface area contributed by atoms with Gasteiger partial charge in [-0.15, -0.1) is 0 Å². The normalized spacial score (nSPS) is 16.5. The number of aromatic nitrogens is 1. The largest absolute Gasteiger partial charge is 0.385 e. The molecule has 1 saturated carbocycles. The van der Waals surface area contributed by atoms with E-state index in [0.717, 1.165) is 38.5 Å². The van der Waals surface area contributed by atoms with Gasteiger partial charge in [-0.1, -0.05) is 18.6 Å². The number of nitrogens with one attached hydrogen (secondary N) is 3. The Hall–Kier alpha value is -2.01. The van der Waals surface area contributed by atoms with E-state index in [-0.39, 0.29) is 0 Å². The number of benzene rings is 1. The highest BCUT2D eigenvalue weighted by atomic mass is 16.5. The molecule has 0 amide bonds. The van der Waals surface area contributed by atoms with Gasteiger partial charge < -0.3 is 20.4 Å². The van der Waals surface area contributed by atoms with Crippen LogP contribution in [0.1, 0.15) is 36.8 Å². The number of rotatable bonds is 8. The SMILES string of the molecule is CN=C(NCCc1c[nH]c2cc(C)ccc12)NCC1(CCOC)CCC1. The van der Waals surface area contributed by atoms with Gasteiger partial charge in [-0.2, -0.15) is 0 Å². The molecule has 1 aromatic carbocycles. The smallest absolute Gasteiger partial charge is 0.191 e. The number of hydrogen-bond donors (Lipinski definition) is 3. The molecule has 0 atom stereocenters. The summed E-state index contributed by atoms with van der Waals surface area (Å²) in [5, 5.41) is 8.29. The number of hydrogen-bond acceptors (Lipinski definition) is 2. The Bertz CT molecular complexity index is 746. The molecule has 1 aliphatic carbocycles. The molecule has 1 heterocycles. The first-order chi connectivity index (χ1) is 12.7. The van der Waals surface area contributed by atoms with Gasteiger partial charge in [0, 0.05) is 51.0 Å². The van der Waals surface area contributed by atoms with Gasteiger partial charge in [0.2, 0.25) is 0 Å². The van der Waals surface area contributed by atoms with Gasteiger partial charge in [0.05, 0.1) is 0 Å². The fourth-order valence-electron chi connectivity index (χ4n) is 3.82. The summed E-state index contributed by atoms with van der Waals surface area (Å²) in [5.41, 5.74) is 4.24. The maximum Gasteiger partial charge on any atom is 0.191 e. The molecule has 0 radical (unpaired) electrons. The summed E-state index contributed by atoms with van der Waals surface area (Å²) in [7, 11) is 3.62. The Labute approximate surface area is 156 Å². The summed E-state index contributed by atoms with van der Waals surface area (Å²) in [6.45, 7) is 4.81. The number of aromatic amines is 1. The molecule has 3 rings (SSSR count). The highest BCUT2D eigenvalue weighted by Gasteiger charge is 2.36. The average molecular weight is 357 g/mol. The zero-order valence-corrected chi connectivity index (χ0v) is 16.3. The molecule has 1 aromatic heterocycles. The quantitative estimate of drug-likeness (QED) is 0.502. The number of aryl methyl sites for hydroxylation is 1. The molecule has 0 saturated heterocycles. The minimum absolute atomic E-state index is 0.391. The second-order valence-electron chi connectivity index (χ2n) is 7.56. The van der Waals surface area contributed by atoms with Crippen molar-refractivity contribution in [1.29, 1.82) is 0 Å². The minimum Gasteiger partial charge on any atom is -0.385 e. The molecule has 2 aromatic rings. The van der Waals surface area contributed by atoms with Crippen molar-refractivity contribution in [1.82, 2.24) is 15.6 Å². The van der Waals surface area contributed by atoms with Crippen LogP contribution >= 0.6 is 0 Å². The number of guanidine groups is 1. The van der Waals surface area contributed by atoms with Crippen molar-refractivity contribution in [2.24, 2.45) is 10.4 Å². The Balaban J connectivity index is 1.48. The molecular weight excluding hydrogens is 324 g/mol. The summed E-state index contributed by atoms with van der Waals surface area (Å²) in [6.07, 6.45) is 8.12. The van der Waals surface area contributed by atoms with Gasteiger partial charge in [0.1, 0.15) is 0 Å². The molecule has 0 unspecified atom stereocenters. The fraction of sp³-hybridized carbons (Fsp3) is 0.571. The number of ether oxygens (including phenoxy) is 1. The van der Waals surface area contributed by atoms with Crippen molar-refractivity contribution in [3.63, 3.8) is 0 Å². The lowest BCUT2D eigenvalue weighted by Gasteiger charge is -2.42. The first-order valence-corrected chi connectivity index (χ1v) is 9.66. The standard InChI is InChI=1S/C21H32N4O/c1-16-5-6-18-17(14-24-19(18)13-16)7-11-23-20(22-2)25-15-21(8-4-9-21)10-12-26-3/h5-6,13-14,24H,4,7-12,15H2,1-3H3,(H2,22,23,25). The lowest BCUT2D eigenvalue weighted by molar-refractivity contribution is 0.0732. The lowest BCUT2D eigenvalue weighted by Crippen LogP contribution is -2.47. The van der Waals surface area contributed by atoms with E-state index in [9.17, 15) is 0 Å². The van der Waals surface area contributed by atoms with Gasteiger partial charge in [-0.05, 0) is 55.2 Å². The van der Waals surface area contributed by atoms with E-state index >= 15 is 0 Å². The predicted octanol–water partition coefficient (Wildman–Crippen LogP) is 3.39. The van der Waals surface area contributed by atoms with Crippen LogP contribution in [0.4, 0.5) is 0 Å². The number of nitrogens with zero attached hydrogens (tertiary/aromatic N) is 1. The minimum atomic E-state index is 0.391. The number of aliphatic imine (C=N–C) groups is 1. The summed E-state index contributed by atoms with van der Waals surface area (Å²) in [5.74, 6) is 0.893. The average Bonchev–Trinajstić information content (AvgIpc) is 3.00. The summed E-state index contributed by atoms with van der Waals surface area (Å²) in [4.78, 5) is 7.75. The molecule has 142 valence electrons. The first kappa shape index (κ1) is 18.8. The summed E-state index contributed by atoms with van der Waals surface area (Å²) < 4.78 is 5.28. The van der Waals surface area contributed by atoms with Crippen molar-refractivity contribution in [3.05, 3.63) is 35.5 Å². The molecule has 0 aliphatic heterocycles. The van der Waals surface area contributed by atoms with Crippen LogP contribution in [0.25, 0.3) is 10.9 Å². The topological polar surface area (TPSA) is 61.4 Å². The fourth-order valence-corrected chi connectivity index (χ4v) is 3.82. The van der Waals surface area contributed by atoms with E-state index in [0.29, 0.717) is 5.41 Å². The first-order valence-electron chi connectivity index (χ1n) is 9.66. The predicted molar refractivity (Wildman–Crippen MR) is 109 cm³/mol. The summed E-state index contributed by atoms with van der Waals surface area (Å²) in [6, 6.07) is 6.58. The molecule has 1 aliphatic rings. The van der Waals surface area contributed by atoms with Gasteiger partial charge in [-0.3, -0.25) is 4.99 Å². The zero-order chi connectivity index (χ0) is 18.4. The Morgan fingerprint density at radius 3 is 2.85 bits per heavy atom. The summed E-state index contributed by atoms with van der Waals surface area (Å²) >= 11 is 0. The third-order valence-corrected chi connectivity index (χ3v) is 5.71. The lowest BCUT2D eigenvalue weighted by atomic mass is 9.67. The van der Waals surface area contributed by atoms with E-state index < -0.39 is 0 Å². The van der Waals surface area contributed by atoms with Gasteiger partial charge in [0.25, 0.3) is 0 Å². The molecule has 0 spiro atoms. The van der Waals surface area contributed by atoms with Gasteiger partial charge in [-0.25, -0.2) is 0 Å². The third kappa shape index (κ3) is 4.39. The highest BCUT2D eigenvalue weighted by Crippen LogP contribution is 2.43. The van der Waals surface area contributed by atoms with Crippen LogP contribution in [-0.2, 0) is 11.2 Å². The van der Waals surface area contributed by atoms with E-state index in [2.05, 4.69) is 51.9 Å². The third-order valence-electron chi connectivity index (χ3n) is 5.71. The van der Waals surface area contributed by atoms with E-state index in [1.165, 1.54) is 41.3 Å². The molecular formula is C21H32N4O. The van der Waals surface area contributed by atoms with E-state index in [1.807, 2.05) is 7.05 Å².